The number of thiol groups is 1. The maximum Gasteiger partial charge on any atom is 0.165 e. The van der Waals surface area contributed by atoms with Gasteiger partial charge in [0.15, 0.2) is 11.6 Å². The summed E-state index contributed by atoms with van der Waals surface area (Å²) in [5.41, 5.74) is 0. The molecule has 2 aromatic rings. The minimum Gasteiger partial charge on any atom is -0.505 e. The summed E-state index contributed by atoms with van der Waals surface area (Å²) in [6.07, 6.45) is 0. The number of phenolic OH excluding ortho intramolecular Hbond substituents is 1. The molecule has 12 heavy (non-hydrogen) atoms. The van der Waals surface area contributed by atoms with Crippen LogP contribution in [0.25, 0.3) is 10.1 Å². The molecule has 0 aliphatic carbocycles. The molecule has 0 saturated heterocycles. The molecule has 1 heterocycles. The summed E-state index contributed by atoms with van der Waals surface area (Å²) in [6, 6.07) is 4.49. The smallest absolute Gasteiger partial charge is 0.165 e. The maximum absolute atomic E-state index is 12.8. The second kappa shape index (κ2) is 2.64. The van der Waals surface area contributed by atoms with Gasteiger partial charge in [-0.25, -0.2) is 4.39 Å². The molecule has 1 nitrogen and oxygen atoms in total. The first-order valence-corrected chi connectivity index (χ1v) is 4.54. The van der Waals surface area contributed by atoms with Crippen LogP contribution in [-0.2, 0) is 0 Å². The lowest BCUT2D eigenvalue weighted by atomic mass is 10.2. The van der Waals surface area contributed by atoms with Gasteiger partial charge < -0.3 is 5.11 Å². The molecule has 62 valence electrons. The van der Waals surface area contributed by atoms with Crippen LogP contribution in [-0.4, -0.2) is 5.11 Å². The summed E-state index contributed by atoms with van der Waals surface area (Å²) in [6.45, 7) is 0. The molecule has 1 aromatic carbocycles. The third-order valence-corrected chi connectivity index (χ3v) is 2.88. The SMILES string of the molecule is Oc1cc2sc(S)cc2cc1F. The molecule has 0 radical (unpaired) electrons. The highest BCUT2D eigenvalue weighted by Gasteiger charge is 2.04. The van der Waals surface area contributed by atoms with E-state index in [9.17, 15) is 4.39 Å². The summed E-state index contributed by atoms with van der Waals surface area (Å²) in [5.74, 6) is -0.897. The number of hydrogen-bond donors (Lipinski definition) is 2. The molecule has 0 aliphatic rings. The second-order valence-electron chi connectivity index (χ2n) is 2.43. The van der Waals surface area contributed by atoms with Crippen molar-refractivity contribution in [2.24, 2.45) is 0 Å². The number of benzene rings is 1. The van der Waals surface area contributed by atoms with Crippen LogP contribution in [0.5, 0.6) is 5.75 Å². The van der Waals surface area contributed by atoms with Crippen LogP contribution in [0, 0.1) is 5.82 Å². The average molecular weight is 200 g/mol. The maximum atomic E-state index is 12.8. The van der Waals surface area contributed by atoms with E-state index in [1.54, 1.807) is 6.07 Å². The Kier molecular flexibility index (Phi) is 1.73. The summed E-state index contributed by atoms with van der Waals surface area (Å²) in [5, 5.41) is 9.81. The van der Waals surface area contributed by atoms with Crippen molar-refractivity contribution in [2.45, 2.75) is 4.21 Å². The Labute approximate surface area is 77.9 Å². The van der Waals surface area contributed by atoms with Crippen LogP contribution in [0.2, 0.25) is 0 Å². The zero-order chi connectivity index (χ0) is 8.72. The third-order valence-electron chi connectivity index (χ3n) is 1.57. The van der Waals surface area contributed by atoms with Crippen molar-refractivity contribution >= 4 is 34.1 Å². The topological polar surface area (TPSA) is 20.2 Å². The van der Waals surface area contributed by atoms with Gasteiger partial charge in [0.25, 0.3) is 0 Å². The lowest BCUT2D eigenvalue weighted by molar-refractivity contribution is 0.434. The molecule has 0 bridgehead atoms. The molecule has 0 unspecified atom stereocenters. The fourth-order valence-corrected chi connectivity index (χ4v) is 2.29. The first-order valence-electron chi connectivity index (χ1n) is 3.28. The zero-order valence-corrected chi connectivity index (χ0v) is 7.62. The minimum atomic E-state index is -0.589. The molecule has 0 aliphatic heterocycles. The number of fused-ring (bicyclic) bond motifs is 1. The predicted molar refractivity (Wildman–Crippen MR) is 50.7 cm³/mol. The molecular weight excluding hydrogens is 195 g/mol. The van der Waals surface area contributed by atoms with Crippen molar-refractivity contribution in [3.8, 4) is 5.75 Å². The van der Waals surface area contributed by atoms with E-state index in [2.05, 4.69) is 12.6 Å². The van der Waals surface area contributed by atoms with Crippen molar-refractivity contribution in [3.63, 3.8) is 0 Å². The summed E-state index contributed by atoms with van der Waals surface area (Å²) in [7, 11) is 0. The Morgan fingerprint density at radius 1 is 1.33 bits per heavy atom. The number of phenols is 1. The standard InChI is InChI=1S/C8H5FOS2/c9-5-1-4-2-8(11)12-7(4)3-6(5)10/h1-3,10-11H. The van der Waals surface area contributed by atoms with Crippen LogP contribution >= 0.6 is 24.0 Å². The number of aromatic hydroxyl groups is 1. The highest BCUT2D eigenvalue weighted by Crippen LogP contribution is 2.32. The summed E-state index contributed by atoms with van der Waals surface area (Å²) < 4.78 is 14.4. The Bertz CT molecular complexity index is 397. The largest absolute Gasteiger partial charge is 0.505 e. The van der Waals surface area contributed by atoms with Gasteiger partial charge in [0, 0.05) is 10.8 Å². The first kappa shape index (κ1) is 7.89. The van der Waals surface area contributed by atoms with E-state index in [0.29, 0.717) is 0 Å². The van der Waals surface area contributed by atoms with Crippen molar-refractivity contribution < 1.29 is 9.50 Å². The van der Waals surface area contributed by atoms with Gasteiger partial charge >= 0.3 is 0 Å². The molecule has 1 N–H and O–H groups in total. The monoisotopic (exact) mass is 200 g/mol. The Balaban J connectivity index is 2.83. The van der Waals surface area contributed by atoms with Gasteiger partial charge in [0.1, 0.15) is 0 Å². The molecule has 4 heteroatoms. The Hall–Kier alpha value is -0.740. The average Bonchev–Trinajstić information content (AvgIpc) is 2.30. The van der Waals surface area contributed by atoms with Gasteiger partial charge in [-0.1, -0.05) is 0 Å². The van der Waals surface area contributed by atoms with Gasteiger partial charge in [-0.2, -0.15) is 0 Å². The van der Waals surface area contributed by atoms with E-state index in [-0.39, 0.29) is 5.75 Å². The highest BCUT2D eigenvalue weighted by atomic mass is 32.2. The highest BCUT2D eigenvalue weighted by molar-refractivity contribution is 7.83. The zero-order valence-electron chi connectivity index (χ0n) is 5.91. The normalized spacial score (nSPS) is 10.8. The van der Waals surface area contributed by atoms with Gasteiger partial charge in [0.05, 0.1) is 4.21 Å². The fourth-order valence-electron chi connectivity index (χ4n) is 1.03. The molecule has 0 spiro atoms. The van der Waals surface area contributed by atoms with Gasteiger partial charge in [0.2, 0.25) is 0 Å². The van der Waals surface area contributed by atoms with E-state index in [4.69, 9.17) is 5.11 Å². The molecule has 1 aromatic heterocycles. The second-order valence-corrected chi connectivity index (χ2v) is 4.29. The van der Waals surface area contributed by atoms with E-state index >= 15 is 0 Å². The molecule has 0 fully saturated rings. The number of halogens is 1. The van der Waals surface area contributed by atoms with Crippen LogP contribution in [0.15, 0.2) is 22.4 Å². The van der Waals surface area contributed by atoms with E-state index in [1.807, 2.05) is 0 Å². The van der Waals surface area contributed by atoms with Crippen molar-refractivity contribution in [1.29, 1.82) is 0 Å². The van der Waals surface area contributed by atoms with Crippen LogP contribution in [0.3, 0.4) is 0 Å². The van der Waals surface area contributed by atoms with E-state index in [1.165, 1.54) is 23.5 Å². The van der Waals surface area contributed by atoms with Gasteiger partial charge in [-0.05, 0) is 17.5 Å². The minimum absolute atomic E-state index is 0.308. The molecular formula is C8H5FOS2. The molecule has 0 saturated carbocycles. The van der Waals surface area contributed by atoms with Crippen molar-refractivity contribution in [1.82, 2.24) is 0 Å². The van der Waals surface area contributed by atoms with Crippen LogP contribution < -0.4 is 0 Å². The Morgan fingerprint density at radius 3 is 2.83 bits per heavy atom. The van der Waals surface area contributed by atoms with Gasteiger partial charge in [-0.3, -0.25) is 0 Å². The number of thiophene rings is 1. The molecule has 0 amide bonds. The predicted octanol–water partition coefficient (Wildman–Crippen LogP) is 3.03. The van der Waals surface area contributed by atoms with Crippen LogP contribution in [0.1, 0.15) is 0 Å². The Morgan fingerprint density at radius 2 is 2.08 bits per heavy atom. The van der Waals surface area contributed by atoms with E-state index in [0.717, 1.165) is 14.3 Å². The lowest BCUT2D eigenvalue weighted by Crippen LogP contribution is -1.73. The molecule has 2 rings (SSSR count). The molecule has 0 atom stereocenters. The van der Waals surface area contributed by atoms with Gasteiger partial charge in [-0.15, -0.1) is 24.0 Å². The quantitative estimate of drug-likeness (QED) is 0.626. The first-order chi connectivity index (χ1) is 5.66. The number of rotatable bonds is 0. The summed E-state index contributed by atoms with van der Waals surface area (Å²) in [4.78, 5) is 0. The van der Waals surface area contributed by atoms with Crippen molar-refractivity contribution in [2.75, 3.05) is 0 Å². The van der Waals surface area contributed by atoms with Crippen molar-refractivity contribution in [3.05, 3.63) is 24.0 Å². The summed E-state index contributed by atoms with van der Waals surface area (Å²) >= 11 is 5.54. The third kappa shape index (κ3) is 1.17. The number of hydrogen-bond acceptors (Lipinski definition) is 3. The van der Waals surface area contributed by atoms with Crippen LogP contribution in [0.4, 0.5) is 4.39 Å². The van der Waals surface area contributed by atoms with E-state index < -0.39 is 5.82 Å². The lowest BCUT2D eigenvalue weighted by Gasteiger charge is -1.93. The fraction of sp³-hybridized carbons (Fsp3) is 0.